The quantitative estimate of drug-likeness (QED) is 0.121. The van der Waals surface area contributed by atoms with Crippen LogP contribution in [0.25, 0.3) is 0 Å². The van der Waals surface area contributed by atoms with Crippen LogP contribution in [0.15, 0.2) is 92.8 Å². The van der Waals surface area contributed by atoms with Crippen molar-refractivity contribution in [3.63, 3.8) is 0 Å². The van der Waals surface area contributed by atoms with Gasteiger partial charge in [0.15, 0.2) is 0 Å². The van der Waals surface area contributed by atoms with Crippen LogP contribution in [0.2, 0.25) is 0 Å². The van der Waals surface area contributed by atoms with Crippen LogP contribution in [0.1, 0.15) is 185 Å². The third-order valence-electron chi connectivity index (χ3n) is 14.7. The van der Waals surface area contributed by atoms with Crippen LogP contribution in [0.5, 0.6) is 23.0 Å². The highest BCUT2D eigenvalue weighted by Crippen LogP contribution is 2.40. The van der Waals surface area contributed by atoms with Gasteiger partial charge in [0.1, 0.15) is 23.0 Å². The molecular formula is C66H80N4O4. The average molecular weight is 993 g/mol. The fourth-order valence-corrected chi connectivity index (χ4v) is 9.24. The van der Waals surface area contributed by atoms with E-state index in [1.54, 1.807) is 24.9 Å². The summed E-state index contributed by atoms with van der Waals surface area (Å²) in [4.78, 5) is 20.1. The molecule has 0 fully saturated rings. The largest absolute Gasteiger partial charge is 0.507 e. The van der Waals surface area contributed by atoms with Crippen molar-refractivity contribution in [2.24, 2.45) is 20.0 Å². The van der Waals surface area contributed by atoms with Crippen LogP contribution >= 0.6 is 0 Å². The number of phenols is 4. The minimum Gasteiger partial charge on any atom is -0.507 e. The van der Waals surface area contributed by atoms with Crippen molar-refractivity contribution in [3.8, 4) is 23.0 Å². The van der Waals surface area contributed by atoms with Gasteiger partial charge in [0.2, 0.25) is 0 Å². The number of aliphatic imine (C=N–C) groups is 4. The van der Waals surface area contributed by atoms with Gasteiger partial charge in [-0.1, -0.05) is 107 Å². The van der Waals surface area contributed by atoms with Gasteiger partial charge in [-0.05, 0) is 203 Å². The monoisotopic (exact) mass is 993 g/mol. The van der Waals surface area contributed by atoms with Gasteiger partial charge in [0, 0.05) is 47.1 Å². The molecule has 0 saturated carbocycles. The van der Waals surface area contributed by atoms with Gasteiger partial charge in [-0.2, -0.15) is 0 Å². The van der Waals surface area contributed by atoms with Crippen molar-refractivity contribution in [1.82, 2.24) is 0 Å². The lowest BCUT2D eigenvalue weighted by Gasteiger charge is -2.23. The maximum Gasteiger partial charge on any atom is 0.127 e. The molecule has 0 atom stereocenters. The van der Waals surface area contributed by atoms with E-state index in [2.05, 4.69) is 135 Å². The summed E-state index contributed by atoms with van der Waals surface area (Å²) >= 11 is 0. The normalized spacial score (nSPS) is 14.2. The summed E-state index contributed by atoms with van der Waals surface area (Å²) in [5, 5.41) is 47.9. The molecule has 8 heteroatoms. The predicted molar refractivity (Wildman–Crippen MR) is 312 cm³/mol. The standard InChI is InChI=1S/C66H80N4O4/c1-39-23-55-56(24-40(39)2)68-36-48-32-52(64(8,9)10)28-44(60(48)72)20-18-22-46-30-54(66(14,15)16)34-50(62(46)74)38-70-58-26-42(4)41(3)25-57(58)69-37-49-33-53(65(11,12)13)29-45(61(49)73)21-17-19-43-27-51(63(5,6)7)31-47(35-67-55)59(43)71/h23-38,71-74H,17-22H2,1-16H3. The second kappa shape index (κ2) is 21.2. The molecule has 0 unspecified atom stereocenters. The smallest absolute Gasteiger partial charge is 0.127 e. The van der Waals surface area contributed by atoms with Gasteiger partial charge in [-0.25, -0.2) is 0 Å². The first-order valence-electron chi connectivity index (χ1n) is 26.3. The Balaban J connectivity index is 1.41. The molecule has 4 N–H and O–H groups in total. The molecule has 0 saturated heterocycles. The maximum absolute atomic E-state index is 12.0. The van der Waals surface area contributed by atoms with E-state index in [1.807, 2.05) is 48.5 Å². The molecule has 6 aromatic carbocycles. The molecular weight excluding hydrogens is 913 g/mol. The number of benzene rings is 6. The minimum atomic E-state index is -0.211. The Morgan fingerprint density at radius 3 is 0.662 bits per heavy atom. The van der Waals surface area contributed by atoms with Crippen molar-refractivity contribution in [2.45, 2.75) is 171 Å². The first kappa shape index (κ1) is 55.0. The molecule has 388 valence electrons. The summed E-state index contributed by atoms with van der Waals surface area (Å²) in [5.41, 5.74) is 16.0. The third-order valence-corrected chi connectivity index (χ3v) is 14.7. The van der Waals surface area contributed by atoms with Crippen LogP contribution in [0.4, 0.5) is 22.7 Å². The fraction of sp³-hybridized carbons (Fsp3) is 0.394. The van der Waals surface area contributed by atoms with Crippen LogP contribution in [-0.2, 0) is 47.3 Å². The molecule has 0 aromatic heterocycles. The molecule has 0 radical (unpaired) electrons. The van der Waals surface area contributed by atoms with Crippen molar-refractivity contribution in [1.29, 1.82) is 0 Å². The lowest BCUT2D eigenvalue weighted by Crippen LogP contribution is -2.13. The second-order valence-electron chi connectivity index (χ2n) is 24.9. The molecule has 6 aromatic rings. The zero-order valence-corrected chi connectivity index (χ0v) is 47.1. The summed E-state index contributed by atoms with van der Waals surface area (Å²) in [5.74, 6) is 0.708. The first-order valence-corrected chi connectivity index (χ1v) is 26.3. The lowest BCUT2D eigenvalue weighted by atomic mass is 9.83. The van der Waals surface area contributed by atoms with E-state index in [1.165, 1.54) is 0 Å². The van der Waals surface area contributed by atoms with Crippen LogP contribution < -0.4 is 0 Å². The summed E-state index contributed by atoms with van der Waals surface area (Å²) in [6, 6.07) is 24.5. The number of hydrogen-bond acceptors (Lipinski definition) is 8. The predicted octanol–water partition coefficient (Wildman–Crippen LogP) is 16.6. The number of aromatic hydroxyl groups is 4. The molecule has 0 aliphatic carbocycles. The van der Waals surface area contributed by atoms with Crippen molar-refractivity contribution >= 4 is 47.6 Å². The first-order chi connectivity index (χ1) is 34.5. The van der Waals surface area contributed by atoms with E-state index >= 15 is 0 Å². The molecule has 7 rings (SSSR count). The summed E-state index contributed by atoms with van der Waals surface area (Å²) in [6.07, 6.45) is 10.5. The Labute approximate surface area is 441 Å². The maximum atomic E-state index is 12.0. The SMILES string of the molecule is Cc1cc2c(cc1C)N=Cc1cc(C(C)(C)C)cc(c1O)CCCc1cc(C(C)(C)C)cc(c1O)C=Nc1cc(C)c(C)cc1N=Cc1cc(C(C)(C)C)cc(c1O)CCCc1cc(C(C)(C)C)cc(c1O)C=N2. The van der Waals surface area contributed by atoms with E-state index < -0.39 is 0 Å². The van der Waals surface area contributed by atoms with E-state index in [4.69, 9.17) is 20.0 Å². The van der Waals surface area contributed by atoms with E-state index in [-0.39, 0.29) is 44.7 Å². The third kappa shape index (κ3) is 12.7. The summed E-state index contributed by atoms with van der Waals surface area (Å²) < 4.78 is 0. The fourth-order valence-electron chi connectivity index (χ4n) is 9.24. The molecule has 0 amide bonds. The van der Waals surface area contributed by atoms with E-state index in [9.17, 15) is 20.4 Å². The number of aryl methyl sites for hydroxylation is 8. The highest BCUT2D eigenvalue weighted by atomic mass is 16.3. The zero-order valence-electron chi connectivity index (χ0n) is 47.1. The lowest BCUT2D eigenvalue weighted by molar-refractivity contribution is 0.460. The Kier molecular flexibility index (Phi) is 15.7. The number of fused-ring (bicyclic) bond motifs is 10. The van der Waals surface area contributed by atoms with Gasteiger partial charge in [0.05, 0.1) is 22.7 Å². The molecule has 1 heterocycles. The van der Waals surface area contributed by atoms with Crippen LogP contribution in [0, 0.1) is 27.7 Å². The molecule has 1 aliphatic heterocycles. The Hall–Kier alpha value is -6.80. The highest BCUT2D eigenvalue weighted by molar-refractivity contribution is 5.92. The summed E-state index contributed by atoms with van der Waals surface area (Å²) in [7, 11) is 0. The second-order valence-corrected chi connectivity index (χ2v) is 24.9. The number of nitrogens with zero attached hydrogens (tertiary/aromatic N) is 4. The van der Waals surface area contributed by atoms with E-state index in [0.717, 1.165) is 66.8 Å². The van der Waals surface area contributed by atoms with E-state index in [0.29, 0.717) is 83.5 Å². The number of rotatable bonds is 0. The highest BCUT2D eigenvalue weighted by Gasteiger charge is 2.24. The minimum absolute atomic E-state index is 0.177. The topological polar surface area (TPSA) is 130 Å². The van der Waals surface area contributed by atoms with Crippen LogP contribution in [0.3, 0.4) is 0 Å². The number of phenolic OH excluding ortho intramolecular Hbond substituents is 4. The Morgan fingerprint density at radius 2 is 0.486 bits per heavy atom. The van der Waals surface area contributed by atoms with Crippen molar-refractivity contribution < 1.29 is 20.4 Å². The van der Waals surface area contributed by atoms with Gasteiger partial charge in [0.25, 0.3) is 0 Å². The number of hydrogen-bond donors (Lipinski definition) is 4. The molecule has 74 heavy (non-hydrogen) atoms. The van der Waals surface area contributed by atoms with Gasteiger partial charge in [-0.15, -0.1) is 0 Å². The Bertz CT molecular complexity index is 2800. The van der Waals surface area contributed by atoms with Crippen molar-refractivity contribution in [2.75, 3.05) is 0 Å². The molecule has 1 aliphatic rings. The van der Waals surface area contributed by atoms with Gasteiger partial charge >= 0.3 is 0 Å². The molecule has 8 nitrogen and oxygen atoms in total. The average Bonchev–Trinajstić information content (AvgIpc) is 3.30. The van der Waals surface area contributed by atoms with Gasteiger partial charge < -0.3 is 20.4 Å². The van der Waals surface area contributed by atoms with Crippen molar-refractivity contribution in [3.05, 3.63) is 162 Å². The molecule has 0 spiro atoms. The summed E-state index contributed by atoms with van der Waals surface area (Å²) in [6.45, 7) is 34.2. The Morgan fingerprint density at radius 1 is 0.297 bits per heavy atom. The molecule has 8 bridgehead atoms. The zero-order chi connectivity index (χ0) is 54.2. The van der Waals surface area contributed by atoms with Gasteiger partial charge in [-0.3, -0.25) is 20.0 Å². The van der Waals surface area contributed by atoms with Crippen LogP contribution in [-0.4, -0.2) is 45.3 Å².